The Balaban J connectivity index is 2.04. The first kappa shape index (κ1) is 13.1. The van der Waals surface area contributed by atoms with Gasteiger partial charge in [0.1, 0.15) is 5.82 Å². The summed E-state index contributed by atoms with van der Waals surface area (Å²) >= 11 is 0. The maximum absolute atomic E-state index is 9.15. The Morgan fingerprint density at radius 3 is 2.86 bits per heavy atom. The quantitative estimate of drug-likeness (QED) is 0.779. The number of nitriles is 1. The molecule has 3 aromatic rings. The smallest absolute Gasteiger partial charge is 0.124 e. The van der Waals surface area contributed by atoms with E-state index < -0.39 is 0 Å². The van der Waals surface area contributed by atoms with E-state index in [1.807, 2.05) is 49.5 Å². The van der Waals surface area contributed by atoms with Gasteiger partial charge in [0.15, 0.2) is 0 Å². The van der Waals surface area contributed by atoms with E-state index in [4.69, 9.17) is 11.0 Å². The van der Waals surface area contributed by atoms with E-state index in [-0.39, 0.29) is 0 Å². The Kier molecular flexibility index (Phi) is 3.25. The number of pyridine rings is 2. The first-order valence-electron chi connectivity index (χ1n) is 6.67. The number of rotatable bonds is 2. The lowest BCUT2D eigenvalue weighted by atomic mass is 10.0. The minimum Gasteiger partial charge on any atom is -0.384 e. The molecule has 0 aliphatic carbocycles. The number of aryl methyl sites for hydroxylation is 1. The largest absolute Gasteiger partial charge is 0.384 e. The first-order valence-corrected chi connectivity index (χ1v) is 6.67. The normalized spacial score (nSPS) is 10.5. The van der Waals surface area contributed by atoms with Crippen LogP contribution in [0.1, 0.15) is 22.3 Å². The summed E-state index contributed by atoms with van der Waals surface area (Å²) in [5, 5.41) is 9.15. The number of nitrogens with two attached hydrogens (primary N) is 1. The van der Waals surface area contributed by atoms with Crippen LogP contribution < -0.4 is 5.73 Å². The van der Waals surface area contributed by atoms with Gasteiger partial charge in [-0.2, -0.15) is 5.26 Å². The van der Waals surface area contributed by atoms with Crippen molar-refractivity contribution in [3.63, 3.8) is 0 Å². The fourth-order valence-corrected chi connectivity index (χ4v) is 2.45. The van der Waals surface area contributed by atoms with Crippen molar-refractivity contribution in [2.24, 2.45) is 0 Å². The van der Waals surface area contributed by atoms with Crippen molar-refractivity contribution in [3.05, 3.63) is 64.8 Å². The van der Waals surface area contributed by atoms with Gasteiger partial charge in [-0.25, -0.2) is 4.98 Å². The van der Waals surface area contributed by atoms with Gasteiger partial charge in [0.25, 0.3) is 0 Å². The van der Waals surface area contributed by atoms with Crippen molar-refractivity contribution < 1.29 is 0 Å². The predicted molar refractivity (Wildman–Crippen MR) is 82.7 cm³/mol. The minimum atomic E-state index is 0.497. The highest BCUT2D eigenvalue weighted by Gasteiger charge is 2.06. The predicted octanol–water partition coefficient (Wildman–Crippen LogP) is 2.98. The van der Waals surface area contributed by atoms with Gasteiger partial charge in [-0.05, 0) is 41.8 Å². The van der Waals surface area contributed by atoms with Crippen molar-refractivity contribution in [1.82, 2.24) is 9.97 Å². The molecule has 0 aliphatic rings. The van der Waals surface area contributed by atoms with Crippen LogP contribution in [0.2, 0.25) is 0 Å². The van der Waals surface area contributed by atoms with Crippen molar-refractivity contribution in [3.8, 4) is 6.07 Å². The van der Waals surface area contributed by atoms with E-state index in [9.17, 15) is 0 Å². The number of aromatic nitrogens is 2. The second kappa shape index (κ2) is 5.22. The highest BCUT2D eigenvalue weighted by atomic mass is 14.9. The van der Waals surface area contributed by atoms with Gasteiger partial charge in [0.2, 0.25) is 0 Å². The lowest BCUT2D eigenvalue weighted by molar-refractivity contribution is 1.15. The van der Waals surface area contributed by atoms with Crippen molar-refractivity contribution >= 4 is 16.9 Å². The zero-order chi connectivity index (χ0) is 14.8. The van der Waals surface area contributed by atoms with Crippen LogP contribution in [-0.4, -0.2) is 9.97 Å². The average Bonchev–Trinajstić information content (AvgIpc) is 2.47. The van der Waals surface area contributed by atoms with E-state index in [1.54, 1.807) is 0 Å². The lowest BCUT2D eigenvalue weighted by Crippen LogP contribution is -1.97. The molecule has 0 unspecified atom stereocenters. The molecule has 0 amide bonds. The van der Waals surface area contributed by atoms with Gasteiger partial charge in [0, 0.05) is 12.6 Å². The van der Waals surface area contributed by atoms with Crippen LogP contribution in [-0.2, 0) is 6.42 Å². The Hall–Kier alpha value is -2.93. The summed E-state index contributed by atoms with van der Waals surface area (Å²) in [5.74, 6) is 0.497. The van der Waals surface area contributed by atoms with Crippen molar-refractivity contribution in [2.75, 3.05) is 5.73 Å². The summed E-state index contributed by atoms with van der Waals surface area (Å²) in [6, 6.07) is 13.6. The van der Waals surface area contributed by atoms with Crippen LogP contribution in [0.5, 0.6) is 0 Å². The molecule has 4 heteroatoms. The van der Waals surface area contributed by atoms with Gasteiger partial charge in [-0.3, -0.25) is 4.98 Å². The molecular weight excluding hydrogens is 260 g/mol. The zero-order valence-corrected chi connectivity index (χ0v) is 11.7. The standard InChI is InChI=1S/C17H14N4/c1-11-6-16(19)21-15-8-12(10-20-17(11)15)7-13-4-2-3-5-14(13)9-18/h2-6,8,10H,7H2,1H3,(H2,19,21). The maximum atomic E-state index is 9.15. The summed E-state index contributed by atoms with van der Waals surface area (Å²) in [7, 11) is 0. The molecule has 1 aromatic carbocycles. The SMILES string of the molecule is Cc1cc(N)nc2cc(Cc3ccccc3C#N)cnc12. The summed E-state index contributed by atoms with van der Waals surface area (Å²) < 4.78 is 0. The third kappa shape index (κ3) is 2.54. The molecule has 0 saturated carbocycles. The molecule has 102 valence electrons. The van der Waals surface area contributed by atoms with Gasteiger partial charge < -0.3 is 5.73 Å². The topological polar surface area (TPSA) is 75.6 Å². The van der Waals surface area contributed by atoms with E-state index in [2.05, 4.69) is 16.0 Å². The highest BCUT2D eigenvalue weighted by molar-refractivity contribution is 5.80. The summed E-state index contributed by atoms with van der Waals surface area (Å²) in [6.07, 6.45) is 2.49. The summed E-state index contributed by atoms with van der Waals surface area (Å²) in [6.45, 7) is 1.97. The number of nitrogen functional groups attached to an aromatic ring is 1. The number of anilines is 1. The van der Waals surface area contributed by atoms with E-state index in [1.165, 1.54) is 0 Å². The van der Waals surface area contributed by atoms with Crippen LogP contribution in [0.15, 0.2) is 42.6 Å². The summed E-state index contributed by atoms with van der Waals surface area (Å²) in [5.41, 5.74) is 11.2. The van der Waals surface area contributed by atoms with Crippen molar-refractivity contribution in [2.45, 2.75) is 13.3 Å². The molecule has 0 aliphatic heterocycles. The Bertz CT molecular complexity index is 862. The van der Waals surface area contributed by atoms with Crippen LogP contribution in [0, 0.1) is 18.3 Å². The Morgan fingerprint density at radius 2 is 2.05 bits per heavy atom. The maximum Gasteiger partial charge on any atom is 0.124 e. The Labute approximate surface area is 122 Å². The van der Waals surface area contributed by atoms with Crippen molar-refractivity contribution in [1.29, 1.82) is 5.26 Å². The molecule has 0 atom stereocenters. The van der Waals surface area contributed by atoms with E-state index in [0.29, 0.717) is 17.8 Å². The summed E-state index contributed by atoms with van der Waals surface area (Å²) in [4.78, 5) is 8.80. The van der Waals surface area contributed by atoms with Gasteiger partial charge >= 0.3 is 0 Å². The molecule has 4 nitrogen and oxygen atoms in total. The Morgan fingerprint density at radius 1 is 1.24 bits per heavy atom. The lowest BCUT2D eigenvalue weighted by Gasteiger charge is -2.07. The second-order valence-electron chi connectivity index (χ2n) is 5.02. The van der Waals surface area contributed by atoms with Crippen LogP contribution in [0.3, 0.4) is 0 Å². The number of hydrogen-bond donors (Lipinski definition) is 1. The van der Waals surface area contributed by atoms with Crippen LogP contribution >= 0.6 is 0 Å². The highest BCUT2D eigenvalue weighted by Crippen LogP contribution is 2.20. The molecule has 0 fully saturated rings. The molecule has 0 spiro atoms. The number of nitrogens with zero attached hydrogens (tertiary/aromatic N) is 3. The fraction of sp³-hybridized carbons (Fsp3) is 0.118. The number of fused-ring (bicyclic) bond motifs is 1. The minimum absolute atomic E-state index is 0.497. The monoisotopic (exact) mass is 274 g/mol. The van der Waals surface area contributed by atoms with Gasteiger partial charge in [0.05, 0.1) is 22.7 Å². The molecule has 0 bridgehead atoms. The average molecular weight is 274 g/mol. The second-order valence-corrected chi connectivity index (χ2v) is 5.02. The van der Waals surface area contributed by atoms with E-state index >= 15 is 0 Å². The van der Waals surface area contributed by atoms with Crippen LogP contribution in [0.4, 0.5) is 5.82 Å². The zero-order valence-electron chi connectivity index (χ0n) is 11.7. The van der Waals surface area contributed by atoms with Gasteiger partial charge in [-0.15, -0.1) is 0 Å². The van der Waals surface area contributed by atoms with Gasteiger partial charge in [-0.1, -0.05) is 18.2 Å². The fourth-order valence-electron chi connectivity index (χ4n) is 2.45. The first-order chi connectivity index (χ1) is 10.2. The molecule has 2 aromatic heterocycles. The third-order valence-electron chi connectivity index (χ3n) is 3.44. The third-order valence-corrected chi connectivity index (χ3v) is 3.44. The number of hydrogen-bond acceptors (Lipinski definition) is 4. The molecular formula is C17H14N4. The molecule has 0 radical (unpaired) electrons. The molecule has 21 heavy (non-hydrogen) atoms. The van der Waals surface area contributed by atoms with Crippen LogP contribution in [0.25, 0.3) is 11.0 Å². The number of benzene rings is 1. The molecule has 2 heterocycles. The molecule has 0 saturated heterocycles. The van der Waals surface area contributed by atoms with E-state index in [0.717, 1.165) is 27.7 Å². The molecule has 2 N–H and O–H groups in total. The molecule has 3 rings (SSSR count).